The van der Waals surface area contributed by atoms with E-state index < -0.39 is 0 Å². The molecular weight excluding hydrogens is 190 g/mol. The van der Waals surface area contributed by atoms with Crippen LogP contribution in [0.5, 0.6) is 5.75 Å². The smallest absolute Gasteiger partial charge is 0.262 e. The van der Waals surface area contributed by atoms with Crippen LogP contribution in [0.25, 0.3) is 0 Å². The Kier molecular flexibility index (Phi) is 2.10. The molecule has 0 aliphatic carbocycles. The average Bonchev–Trinajstić information content (AvgIpc) is 2.17. The number of halogens is 1. The highest BCUT2D eigenvalue weighted by molar-refractivity contribution is 6.17. The van der Waals surface area contributed by atoms with Crippen LogP contribution in [0.1, 0.15) is 5.56 Å². The quantitative estimate of drug-likeness (QED) is 0.697. The number of ether oxygens (including phenoxy) is 1. The third-order valence-corrected chi connectivity index (χ3v) is 2.14. The zero-order valence-electron chi connectivity index (χ0n) is 6.84. The molecule has 0 bridgehead atoms. The summed E-state index contributed by atoms with van der Waals surface area (Å²) in [7, 11) is 0. The molecule has 0 unspecified atom stereocenters. The van der Waals surface area contributed by atoms with E-state index >= 15 is 0 Å². The summed E-state index contributed by atoms with van der Waals surface area (Å²) in [6, 6.07) is 5.49. The maximum atomic E-state index is 10.9. The Morgan fingerprint density at radius 2 is 2.38 bits per heavy atom. The van der Waals surface area contributed by atoms with Gasteiger partial charge in [-0.15, -0.1) is 11.6 Å². The summed E-state index contributed by atoms with van der Waals surface area (Å²) in [5, 5.41) is 2.70. The van der Waals surface area contributed by atoms with Crippen LogP contribution in [0.3, 0.4) is 0 Å². The van der Waals surface area contributed by atoms with E-state index in [0.717, 1.165) is 5.56 Å². The van der Waals surface area contributed by atoms with Gasteiger partial charge < -0.3 is 10.1 Å². The predicted molar refractivity (Wildman–Crippen MR) is 50.1 cm³/mol. The van der Waals surface area contributed by atoms with Crippen LogP contribution in [0.15, 0.2) is 18.2 Å². The number of benzene rings is 1. The van der Waals surface area contributed by atoms with Crippen molar-refractivity contribution in [1.82, 2.24) is 0 Å². The number of alkyl halides is 1. The van der Waals surface area contributed by atoms with Crippen molar-refractivity contribution in [1.29, 1.82) is 0 Å². The lowest BCUT2D eigenvalue weighted by atomic mass is 10.2. The molecule has 1 aromatic rings. The number of fused-ring (bicyclic) bond motifs is 1. The molecule has 3 nitrogen and oxygen atoms in total. The standard InChI is InChI=1S/C9H8ClNO2/c10-4-6-1-2-7-8(3-6)13-5-9(12)11-7/h1-3H,4-5H2,(H,11,12). The molecule has 4 heteroatoms. The number of carbonyl (C=O) groups excluding carboxylic acids is 1. The summed E-state index contributed by atoms with van der Waals surface area (Å²) in [5.74, 6) is 1.02. The van der Waals surface area contributed by atoms with Crippen LogP contribution in [0, 0.1) is 0 Å². The second-order valence-electron chi connectivity index (χ2n) is 2.80. The Bertz CT molecular complexity index is 351. The van der Waals surface area contributed by atoms with Gasteiger partial charge in [0.25, 0.3) is 5.91 Å². The van der Waals surface area contributed by atoms with Crippen molar-refractivity contribution in [2.24, 2.45) is 0 Å². The number of amides is 1. The van der Waals surface area contributed by atoms with Gasteiger partial charge in [0, 0.05) is 5.88 Å². The molecule has 1 amide bonds. The predicted octanol–water partition coefficient (Wildman–Crippen LogP) is 1.76. The normalized spacial score (nSPS) is 14.4. The minimum Gasteiger partial charge on any atom is -0.482 e. The van der Waals surface area contributed by atoms with E-state index in [1.807, 2.05) is 12.1 Å². The highest BCUT2D eigenvalue weighted by Crippen LogP contribution is 2.28. The number of hydrogen-bond acceptors (Lipinski definition) is 2. The fourth-order valence-electron chi connectivity index (χ4n) is 1.20. The van der Waals surface area contributed by atoms with Gasteiger partial charge in [-0.1, -0.05) is 6.07 Å². The van der Waals surface area contributed by atoms with E-state index in [1.165, 1.54) is 0 Å². The van der Waals surface area contributed by atoms with Crippen LogP contribution in [-0.4, -0.2) is 12.5 Å². The summed E-state index contributed by atoms with van der Waals surface area (Å²) in [6.07, 6.45) is 0. The lowest BCUT2D eigenvalue weighted by Gasteiger charge is -2.17. The van der Waals surface area contributed by atoms with Gasteiger partial charge >= 0.3 is 0 Å². The van der Waals surface area contributed by atoms with Crippen LogP contribution < -0.4 is 10.1 Å². The third kappa shape index (κ3) is 1.60. The van der Waals surface area contributed by atoms with Gasteiger partial charge in [-0.2, -0.15) is 0 Å². The van der Waals surface area contributed by atoms with Crippen LogP contribution in [-0.2, 0) is 10.7 Å². The van der Waals surface area contributed by atoms with E-state index in [-0.39, 0.29) is 12.5 Å². The van der Waals surface area contributed by atoms with Gasteiger partial charge in [0.05, 0.1) is 5.69 Å². The lowest BCUT2D eigenvalue weighted by molar-refractivity contribution is -0.118. The molecule has 0 saturated carbocycles. The molecule has 1 aromatic carbocycles. The molecule has 0 saturated heterocycles. The number of carbonyl (C=O) groups is 1. The lowest BCUT2D eigenvalue weighted by Crippen LogP contribution is -2.25. The van der Waals surface area contributed by atoms with Crippen molar-refractivity contribution >= 4 is 23.2 Å². The second-order valence-corrected chi connectivity index (χ2v) is 3.07. The van der Waals surface area contributed by atoms with Gasteiger partial charge in [-0.3, -0.25) is 4.79 Å². The molecule has 0 spiro atoms. The average molecular weight is 198 g/mol. The summed E-state index contributed by atoms with van der Waals surface area (Å²) >= 11 is 5.66. The molecule has 68 valence electrons. The Balaban J connectivity index is 2.36. The molecule has 1 aliphatic heterocycles. The van der Waals surface area contributed by atoms with Crippen LogP contribution in [0.4, 0.5) is 5.69 Å². The van der Waals surface area contributed by atoms with Crippen molar-refractivity contribution < 1.29 is 9.53 Å². The Hall–Kier alpha value is -1.22. The van der Waals surface area contributed by atoms with Gasteiger partial charge in [0.15, 0.2) is 6.61 Å². The van der Waals surface area contributed by atoms with Crippen molar-refractivity contribution in [3.63, 3.8) is 0 Å². The maximum Gasteiger partial charge on any atom is 0.262 e. The number of hydrogen-bond donors (Lipinski definition) is 1. The minimum atomic E-state index is -0.119. The first kappa shape index (κ1) is 8.38. The van der Waals surface area contributed by atoms with Crippen molar-refractivity contribution in [3.05, 3.63) is 23.8 Å². The summed E-state index contributed by atoms with van der Waals surface area (Å²) in [6.45, 7) is 0.0821. The van der Waals surface area contributed by atoms with E-state index in [0.29, 0.717) is 17.3 Å². The first-order valence-corrected chi connectivity index (χ1v) is 4.44. The number of rotatable bonds is 1. The van der Waals surface area contributed by atoms with Crippen molar-refractivity contribution in [2.75, 3.05) is 11.9 Å². The summed E-state index contributed by atoms with van der Waals surface area (Å²) < 4.78 is 5.21. The molecule has 0 aromatic heterocycles. The van der Waals surface area contributed by atoms with Gasteiger partial charge in [-0.25, -0.2) is 0 Å². The molecule has 0 radical (unpaired) electrons. The van der Waals surface area contributed by atoms with Crippen molar-refractivity contribution in [3.8, 4) is 5.75 Å². The fourth-order valence-corrected chi connectivity index (χ4v) is 1.37. The Labute approximate surface area is 80.6 Å². The molecule has 1 N–H and O–H groups in total. The largest absolute Gasteiger partial charge is 0.482 e. The molecule has 13 heavy (non-hydrogen) atoms. The zero-order chi connectivity index (χ0) is 9.26. The molecular formula is C9H8ClNO2. The first-order valence-electron chi connectivity index (χ1n) is 3.91. The van der Waals surface area contributed by atoms with E-state index in [9.17, 15) is 4.79 Å². The van der Waals surface area contributed by atoms with Crippen molar-refractivity contribution in [2.45, 2.75) is 5.88 Å². The summed E-state index contributed by atoms with van der Waals surface area (Å²) in [4.78, 5) is 10.9. The molecule has 1 aliphatic rings. The van der Waals surface area contributed by atoms with Gasteiger partial charge in [0.2, 0.25) is 0 Å². The SMILES string of the molecule is O=C1COc2cc(CCl)ccc2N1. The minimum absolute atomic E-state index is 0.0821. The van der Waals surface area contributed by atoms with Gasteiger partial charge in [-0.05, 0) is 17.7 Å². The molecule has 0 atom stereocenters. The zero-order valence-corrected chi connectivity index (χ0v) is 7.60. The molecule has 1 heterocycles. The topological polar surface area (TPSA) is 38.3 Å². The van der Waals surface area contributed by atoms with E-state index in [4.69, 9.17) is 16.3 Å². The van der Waals surface area contributed by atoms with Gasteiger partial charge in [0.1, 0.15) is 5.75 Å². The highest BCUT2D eigenvalue weighted by atomic mass is 35.5. The summed E-state index contributed by atoms with van der Waals surface area (Å²) in [5.41, 5.74) is 1.70. The fraction of sp³-hybridized carbons (Fsp3) is 0.222. The monoisotopic (exact) mass is 197 g/mol. The number of nitrogens with one attached hydrogen (secondary N) is 1. The molecule has 2 rings (SSSR count). The van der Waals surface area contributed by atoms with E-state index in [2.05, 4.69) is 5.32 Å². The molecule has 0 fully saturated rings. The van der Waals surface area contributed by atoms with Crippen LogP contribution >= 0.6 is 11.6 Å². The maximum absolute atomic E-state index is 10.9. The van der Waals surface area contributed by atoms with Crippen LogP contribution in [0.2, 0.25) is 0 Å². The van der Waals surface area contributed by atoms with E-state index in [1.54, 1.807) is 6.07 Å². The highest BCUT2D eigenvalue weighted by Gasteiger charge is 2.15. The first-order chi connectivity index (χ1) is 6.29. The second kappa shape index (κ2) is 3.26. The number of anilines is 1. The Morgan fingerprint density at radius 1 is 1.54 bits per heavy atom. The third-order valence-electron chi connectivity index (χ3n) is 1.83. The Morgan fingerprint density at radius 3 is 3.15 bits per heavy atom.